The third kappa shape index (κ3) is 12.0. The van der Waals surface area contributed by atoms with E-state index in [0.29, 0.717) is 33.3 Å². The first-order valence-electron chi connectivity index (χ1n) is 14.2. The summed E-state index contributed by atoms with van der Waals surface area (Å²) in [6.07, 6.45) is 8.38. The second-order valence-corrected chi connectivity index (χ2v) is 11.9. The lowest BCUT2D eigenvalue weighted by atomic mass is 10.0. The van der Waals surface area contributed by atoms with Gasteiger partial charge in [-0.25, -0.2) is 0 Å². The molecule has 0 heterocycles. The molecule has 0 aliphatic carbocycles. The average molecular weight is 599 g/mol. The lowest BCUT2D eigenvalue weighted by Gasteiger charge is -2.06. The molecule has 0 bridgehead atoms. The molecule has 0 amide bonds. The molecule has 0 radical (unpaired) electrons. The van der Waals surface area contributed by atoms with E-state index in [4.69, 9.17) is 0 Å². The van der Waals surface area contributed by atoms with Crippen molar-refractivity contribution in [3.05, 3.63) is 108 Å². The van der Waals surface area contributed by atoms with E-state index >= 15 is 0 Å². The average Bonchev–Trinajstić information content (AvgIpc) is 2.97. The van der Waals surface area contributed by atoms with Gasteiger partial charge in [0.2, 0.25) is 0 Å². The van der Waals surface area contributed by atoms with Crippen LogP contribution in [-0.4, -0.2) is 11.5 Å². The molecular formula is C35H38F4S2. The van der Waals surface area contributed by atoms with Crippen molar-refractivity contribution in [2.75, 3.05) is 0 Å². The minimum atomic E-state index is -2.36. The van der Waals surface area contributed by atoms with Crippen molar-refractivity contribution in [3.8, 4) is 22.3 Å². The first-order valence-corrected chi connectivity index (χ1v) is 15.9. The molecule has 0 unspecified atom stereocenters. The number of alkyl halides is 4. The molecule has 0 nitrogen and oxygen atoms in total. The predicted molar refractivity (Wildman–Crippen MR) is 169 cm³/mol. The summed E-state index contributed by atoms with van der Waals surface area (Å²) < 4.78 is 49.1. The fourth-order valence-electron chi connectivity index (χ4n) is 4.35. The Bertz CT molecular complexity index is 1250. The number of benzene rings is 4. The molecule has 0 saturated carbocycles. The maximum absolute atomic E-state index is 12.3. The van der Waals surface area contributed by atoms with Gasteiger partial charge in [-0.15, -0.1) is 0 Å². The SMILES string of the molecule is CCCCCc1ccc(-c2ccc(SC(F)F)cc2)cc1.CCCCc1ccc(-c2ccc(SC(F)F)cc2)cc1. The molecule has 0 N–H and O–H groups in total. The van der Waals surface area contributed by atoms with Gasteiger partial charge >= 0.3 is 0 Å². The Balaban J connectivity index is 0.000000226. The highest BCUT2D eigenvalue weighted by Crippen LogP contribution is 2.29. The second-order valence-electron chi connectivity index (χ2n) is 9.76. The molecule has 0 fully saturated rings. The van der Waals surface area contributed by atoms with Crippen molar-refractivity contribution in [3.63, 3.8) is 0 Å². The van der Waals surface area contributed by atoms with Crippen molar-refractivity contribution in [1.29, 1.82) is 0 Å². The van der Waals surface area contributed by atoms with Gasteiger partial charge in [0.25, 0.3) is 11.5 Å². The molecule has 0 aliphatic heterocycles. The number of aryl methyl sites for hydroxylation is 2. The third-order valence-corrected chi connectivity index (χ3v) is 8.07. The zero-order chi connectivity index (χ0) is 29.5. The molecule has 41 heavy (non-hydrogen) atoms. The summed E-state index contributed by atoms with van der Waals surface area (Å²) in [6.45, 7) is 4.40. The van der Waals surface area contributed by atoms with Crippen molar-refractivity contribution in [2.45, 2.75) is 80.1 Å². The van der Waals surface area contributed by atoms with E-state index in [-0.39, 0.29) is 0 Å². The summed E-state index contributed by atoms with van der Waals surface area (Å²) >= 11 is 1.16. The van der Waals surface area contributed by atoms with Gasteiger partial charge in [-0.3, -0.25) is 0 Å². The van der Waals surface area contributed by atoms with Crippen LogP contribution in [0.25, 0.3) is 22.3 Å². The molecule has 0 atom stereocenters. The predicted octanol–water partition coefficient (Wildman–Crippen LogP) is 12.4. The van der Waals surface area contributed by atoms with E-state index in [1.54, 1.807) is 24.3 Å². The minimum Gasteiger partial charge on any atom is -0.198 e. The molecule has 4 aromatic rings. The summed E-state index contributed by atoms with van der Waals surface area (Å²) in [7, 11) is 0. The van der Waals surface area contributed by atoms with E-state index in [1.807, 2.05) is 24.3 Å². The lowest BCUT2D eigenvalue weighted by Crippen LogP contribution is -1.86. The highest BCUT2D eigenvalue weighted by atomic mass is 32.2. The zero-order valence-corrected chi connectivity index (χ0v) is 25.3. The van der Waals surface area contributed by atoms with E-state index in [2.05, 4.69) is 62.4 Å². The van der Waals surface area contributed by atoms with Crippen LogP contribution < -0.4 is 0 Å². The zero-order valence-electron chi connectivity index (χ0n) is 23.7. The van der Waals surface area contributed by atoms with Gasteiger partial charge < -0.3 is 0 Å². The summed E-state index contributed by atoms with van der Waals surface area (Å²) in [6, 6.07) is 31.6. The topological polar surface area (TPSA) is 0 Å². The Morgan fingerprint density at radius 1 is 0.439 bits per heavy atom. The number of unbranched alkanes of at least 4 members (excludes halogenated alkanes) is 3. The molecule has 6 heteroatoms. The van der Waals surface area contributed by atoms with Crippen LogP contribution in [0, 0.1) is 0 Å². The highest BCUT2D eigenvalue weighted by molar-refractivity contribution is 7.99. The molecule has 0 aliphatic rings. The number of halogens is 4. The molecule has 0 aromatic heterocycles. The van der Waals surface area contributed by atoms with Crippen LogP contribution in [0.15, 0.2) is 107 Å². The standard InChI is InChI=1S/C18H20F2S.C17H18F2S/c1-2-3-4-5-14-6-8-15(9-7-14)16-10-12-17(13-11-16)21-18(19)20;1-2-3-4-13-5-7-14(8-6-13)15-9-11-16(12-10-15)20-17(18)19/h6-13,18H,2-5H2,1H3;5-12,17H,2-4H2,1H3. The fraction of sp³-hybridized carbons (Fsp3) is 0.314. The highest BCUT2D eigenvalue weighted by Gasteiger charge is 2.07. The van der Waals surface area contributed by atoms with Crippen molar-refractivity contribution in [1.82, 2.24) is 0 Å². The first kappa shape index (κ1) is 32.8. The van der Waals surface area contributed by atoms with Crippen LogP contribution in [-0.2, 0) is 12.8 Å². The Labute approximate surface area is 251 Å². The Kier molecular flexibility index (Phi) is 14.4. The maximum Gasteiger partial charge on any atom is 0.288 e. The van der Waals surface area contributed by atoms with Gasteiger partial charge in [-0.1, -0.05) is 129 Å². The van der Waals surface area contributed by atoms with Gasteiger partial charge in [-0.2, -0.15) is 17.6 Å². The molecule has 4 rings (SSSR count). The van der Waals surface area contributed by atoms with Crippen LogP contribution in [0.3, 0.4) is 0 Å². The summed E-state index contributed by atoms with van der Waals surface area (Å²) in [4.78, 5) is 1.20. The van der Waals surface area contributed by atoms with Crippen molar-refractivity contribution in [2.24, 2.45) is 0 Å². The second kappa shape index (κ2) is 18.0. The molecule has 0 spiro atoms. The van der Waals surface area contributed by atoms with Gasteiger partial charge in [0.1, 0.15) is 0 Å². The third-order valence-electron chi connectivity index (χ3n) is 6.62. The Hall–Kier alpha value is -2.70. The lowest BCUT2D eigenvalue weighted by molar-refractivity contribution is 0.251. The van der Waals surface area contributed by atoms with Gasteiger partial charge in [0, 0.05) is 9.79 Å². The van der Waals surface area contributed by atoms with Gasteiger partial charge in [-0.05, 0) is 83.3 Å². The van der Waals surface area contributed by atoms with E-state index in [9.17, 15) is 17.6 Å². The van der Waals surface area contributed by atoms with Crippen LogP contribution in [0.2, 0.25) is 0 Å². The monoisotopic (exact) mass is 598 g/mol. The van der Waals surface area contributed by atoms with Crippen LogP contribution in [0.5, 0.6) is 0 Å². The smallest absolute Gasteiger partial charge is 0.198 e. The van der Waals surface area contributed by atoms with Crippen molar-refractivity contribution < 1.29 is 17.6 Å². The Morgan fingerprint density at radius 2 is 0.756 bits per heavy atom. The molecule has 0 saturated heterocycles. The number of hydrogen-bond donors (Lipinski definition) is 0. The van der Waals surface area contributed by atoms with Crippen molar-refractivity contribution >= 4 is 23.5 Å². The summed E-state index contributed by atoms with van der Waals surface area (Å²) in [5, 5.41) is 0. The van der Waals surface area contributed by atoms with Gasteiger partial charge in [0.05, 0.1) is 0 Å². The largest absolute Gasteiger partial charge is 0.288 e. The summed E-state index contributed by atoms with van der Waals surface area (Å²) in [5.74, 6) is -4.73. The van der Waals surface area contributed by atoms with E-state index in [0.717, 1.165) is 35.1 Å². The molecular weight excluding hydrogens is 561 g/mol. The Morgan fingerprint density at radius 3 is 1.07 bits per heavy atom. The first-order chi connectivity index (χ1) is 19.9. The fourth-order valence-corrected chi connectivity index (χ4v) is 5.34. The van der Waals surface area contributed by atoms with Gasteiger partial charge in [0.15, 0.2) is 0 Å². The van der Waals surface area contributed by atoms with Crippen LogP contribution >= 0.6 is 23.5 Å². The number of hydrogen-bond acceptors (Lipinski definition) is 2. The van der Waals surface area contributed by atoms with Crippen LogP contribution in [0.1, 0.15) is 57.1 Å². The van der Waals surface area contributed by atoms with E-state index < -0.39 is 11.5 Å². The summed E-state index contributed by atoms with van der Waals surface area (Å²) in [5.41, 5.74) is 7.08. The number of rotatable bonds is 13. The molecule has 4 aromatic carbocycles. The van der Waals surface area contributed by atoms with Crippen LogP contribution in [0.4, 0.5) is 17.6 Å². The maximum atomic E-state index is 12.3. The quantitative estimate of drug-likeness (QED) is 0.0853. The number of thioether (sulfide) groups is 2. The van der Waals surface area contributed by atoms with E-state index in [1.165, 1.54) is 43.2 Å². The minimum absolute atomic E-state index is 0.581. The molecule has 218 valence electrons. The normalized spacial score (nSPS) is 11.0.